The molecule has 0 fully saturated rings. The summed E-state index contributed by atoms with van der Waals surface area (Å²) < 4.78 is -1.11. The first-order valence-electron chi connectivity index (χ1n) is 5.84. The van der Waals surface area contributed by atoms with Gasteiger partial charge in [0.25, 0.3) is 0 Å². The second kappa shape index (κ2) is 4.65. The third-order valence-electron chi connectivity index (χ3n) is 2.74. The minimum Gasteiger partial charge on any atom is -0.352 e. The van der Waals surface area contributed by atoms with Gasteiger partial charge in [0, 0.05) is 10.9 Å². The standard InChI is InChI=1S/C13H16N2O2S/c1-8(2)14-11(16)13(3)12(17)15-9-6-4-5-7-10(9)18-13/h4-8H,1-3H3,(H,14,16)(H,15,17). The molecule has 1 atom stereocenters. The number of para-hydroxylation sites is 1. The summed E-state index contributed by atoms with van der Waals surface area (Å²) in [6, 6.07) is 7.50. The molecule has 2 N–H and O–H groups in total. The fourth-order valence-corrected chi connectivity index (χ4v) is 2.83. The first kappa shape index (κ1) is 13.0. The number of thioether (sulfide) groups is 1. The highest BCUT2D eigenvalue weighted by Crippen LogP contribution is 2.42. The molecule has 0 aromatic heterocycles. The zero-order valence-electron chi connectivity index (χ0n) is 10.6. The molecule has 2 rings (SSSR count). The topological polar surface area (TPSA) is 58.2 Å². The van der Waals surface area contributed by atoms with E-state index in [1.54, 1.807) is 6.92 Å². The summed E-state index contributed by atoms with van der Waals surface area (Å²) in [6.45, 7) is 5.40. The highest BCUT2D eigenvalue weighted by atomic mass is 32.2. The second-order valence-electron chi connectivity index (χ2n) is 4.71. The summed E-state index contributed by atoms with van der Waals surface area (Å²) in [5, 5.41) is 5.58. The third kappa shape index (κ3) is 2.22. The van der Waals surface area contributed by atoms with Gasteiger partial charge in [-0.05, 0) is 32.9 Å². The Morgan fingerprint density at radius 2 is 2.06 bits per heavy atom. The molecule has 4 nitrogen and oxygen atoms in total. The van der Waals surface area contributed by atoms with E-state index in [4.69, 9.17) is 0 Å². The van der Waals surface area contributed by atoms with Crippen LogP contribution in [0.3, 0.4) is 0 Å². The van der Waals surface area contributed by atoms with Crippen molar-refractivity contribution < 1.29 is 9.59 Å². The molecule has 0 aliphatic carbocycles. The predicted octanol–water partition coefficient (Wildman–Crippen LogP) is 2.01. The molecular weight excluding hydrogens is 248 g/mol. The molecule has 0 bridgehead atoms. The van der Waals surface area contributed by atoms with Crippen LogP contribution in [0, 0.1) is 0 Å². The monoisotopic (exact) mass is 264 g/mol. The van der Waals surface area contributed by atoms with Gasteiger partial charge in [-0.15, -0.1) is 0 Å². The van der Waals surface area contributed by atoms with E-state index in [1.165, 1.54) is 11.8 Å². The Kier molecular flexibility index (Phi) is 3.34. The van der Waals surface area contributed by atoms with Gasteiger partial charge in [0.05, 0.1) is 5.69 Å². The van der Waals surface area contributed by atoms with Crippen molar-refractivity contribution >= 4 is 29.3 Å². The van der Waals surface area contributed by atoms with Crippen LogP contribution in [-0.2, 0) is 9.59 Å². The van der Waals surface area contributed by atoms with Crippen molar-refractivity contribution in [1.29, 1.82) is 0 Å². The largest absolute Gasteiger partial charge is 0.352 e. The van der Waals surface area contributed by atoms with Crippen molar-refractivity contribution in [2.24, 2.45) is 0 Å². The SMILES string of the molecule is CC(C)NC(=O)C1(C)Sc2ccccc2NC1=O. The molecule has 1 aromatic carbocycles. The Hall–Kier alpha value is -1.49. The van der Waals surface area contributed by atoms with Crippen molar-refractivity contribution in [2.75, 3.05) is 5.32 Å². The summed E-state index contributed by atoms with van der Waals surface area (Å²) in [7, 11) is 0. The van der Waals surface area contributed by atoms with Crippen LogP contribution < -0.4 is 10.6 Å². The van der Waals surface area contributed by atoms with Gasteiger partial charge in [-0.25, -0.2) is 0 Å². The smallest absolute Gasteiger partial charge is 0.250 e. The summed E-state index contributed by atoms with van der Waals surface area (Å²) >= 11 is 1.29. The second-order valence-corrected chi connectivity index (χ2v) is 6.17. The maximum absolute atomic E-state index is 12.2. The molecular formula is C13H16N2O2S. The zero-order chi connectivity index (χ0) is 13.3. The number of rotatable bonds is 2. The molecule has 1 heterocycles. The highest BCUT2D eigenvalue weighted by molar-refractivity contribution is 8.02. The number of amides is 2. The van der Waals surface area contributed by atoms with Crippen LogP contribution in [0.25, 0.3) is 0 Å². The molecule has 1 unspecified atom stereocenters. The Bertz CT molecular complexity index is 502. The van der Waals surface area contributed by atoms with Crippen LogP contribution in [0.5, 0.6) is 0 Å². The quantitative estimate of drug-likeness (QED) is 0.803. The lowest BCUT2D eigenvalue weighted by Crippen LogP contribution is -2.53. The Morgan fingerprint density at radius 3 is 2.72 bits per heavy atom. The summed E-state index contributed by atoms with van der Waals surface area (Å²) in [6.07, 6.45) is 0. The molecule has 1 aliphatic rings. The fraction of sp³-hybridized carbons (Fsp3) is 0.385. The van der Waals surface area contributed by atoms with E-state index in [-0.39, 0.29) is 17.9 Å². The van der Waals surface area contributed by atoms with E-state index in [0.717, 1.165) is 10.6 Å². The van der Waals surface area contributed by atoms with Gasteiger partial charge in [-0.1, -0.05) is 23.9 Å². The Labute approximate surface area is 111 Å². The van der Waals surface area contributed by atoms with Crippen LogP contribution in [0.4, 0.5) is 5.69 Å². The van der Waals surface area contributed by atoms with Crippen molar-refractivity contribution in [3.63, 3.8) is 0 Å². The van der Waals surface area contributed by atoms with Crippen LogP contribution in [0.2, 0.25) is 0 Å². The molecule has 1 aliphatic heterocycles. The first-order chi connectivity index (χ1) is 8.43. The number of carbonyl (C=O) groups excluding carboxylic acids is 2. The Balaban J connectivity index is 2.30. The number of hydrogen-bond donors (Lipinski definition) is 2. The average molecular weight is 264 g/mol. The predicted molar refractivity (Wildman–Crippen MR) is 72.6 cm³/mol. The van der Waals surface area contributed by atoms with Crippen molar-refractivity contribution in [2.45, 2.75) is 36.5 Å². The zero-order valence-corrected chi connectivity index (χ0v) is 11.4. The molecule has 0 radical (unpaired) electrons. The Morgan fingerprint density at radius 1 is 1.39 bits per heavy atom. The van der Waals surface area contributed by atoms with Crippen LogP contribution in [0.1, 0.15) is 20.8 Å². The van der Waals surface area contributed by atoms with E-state index in [1.807, 2.05) is 38.1 Å². The van der Waals surface area contributed by atoms with Crippen LogP contribution in [0.15, 0.2) is 29.2 Å². The number of nitrogens with one attached hydrogen (secondary N) is 2. The molecule has 18 heavy (non-hydrogen) atoms. The van der Waals surface area contributed by atoms with E-state index in [0.29, 0.717) is 0 Å². The average Bonchev–Trinajstić information content (AvgIpc) is 2.29. The molecule has 0 saturated heterocycles. The lowest BCUT2D eigenvalue weighted by atomic mass is 10.1. The van der Waals surface area contributed by atoms with Gasteiger partial charge < -0.3 is 10.6 Å². The van der Waals surface area contributed by atoms with E-state index < -0.39 is 4.75 Å². The summed E-state index contributed by atoms with van der Waals surface area (Å²) in [4.78, 5) is 25.2. The number of anilines is 1. The molecule has 5 heteroatoms. The van der Waals surface area contributed by atoms with Gasteiger partial charge in [0.2, 0.25) is 11.8 Å². The van der Waals surface area contributed by atoms with Crippen molar-refractivity contribution in [3.8, 4) is 0 Å². The first-order valence-corrected chi connectivity index (χ1v) is 6.65. The van der Waals surface area contributed by atoms with Crippen molar-refractivity contribution in [3.05, 3.63) is 24.3 Å². The highest BCUT2D eigenvalue weighted by Gasteiger charge is 2.45. The maximum atomic E-state index is 12.2. The van der Waals surface area contributed by atoms with Gasteiger partial charge in [0.15, 0.2) is 4.75 Å². The number of benzene rings is 1. The summed E-state index contributed by atoms with van der Waals surface area (Å²) in [5.41, 5.74) is 0.766. The fourth-order valence-electron chi connectivity index (χ4n) is 1.72. The lowest BCUT2D eigenvalue weighted by Gasteiger charge is -2.32. The minimum absolute atomic E-state index is 0.0138. The van der Waals surface area contributed by atoms with Gasteiger partial charge in [0.1, 0.15) is 0 Å². The minimum atomic E-state index is -1.11. The normalized spacial score (nSPS) is 22.3. The summed E-state index contributed by atoms with van der Waals surface area (Å²) in [5.74, 6) is -0.529. The van der Waals surface area contributed by atoms with Crippen LogP contribution in [-0.4, -0.2) is 22.6 Å². The number of fused-ring (bicyclic) bond motifs is 1. The van der Waals surface area contributed by atoms with Gasteiger partial charge >= 0.3 is 0 Å². The number of hydrogen-bond acceptors (Lipinski definition) is 3. The van der Waals surface area contributed by atoms with E-state index in [9.17, 15) is 9.59 Å². The molecule has 0 spiro atoms. The van der Waals surface area contributed by atoms with Crippen molar-refractivity contribution in [1.82, 2.24) is 5.32 Å². The number of carbonyl (C=O) groups is 2. The van der Waals surface area contributed by atoms with Gasteiger partial charge in [-0.3, -0.25) is 9.59 Å². The van der Waals surface area contributed by atoms with Gasteiger partial charge in [-0.2, -0.15) is 0 Å². The maximum Gasteiger partial charge on any atom is 0.250 e. The lowest BCUT2D eigenvalue weighted by molar-refractivity contribution is -0.130. The third-order valence-corrected chi connectivity index (χ3v) is 4.09. The molecule has 96 valence electrons. The van der Waals surface area contributed by atoms with E-state index in [2.05, 4.69) is 10.6 Å². The van der Waals surface area contributed by atoms with Crippen LogP contribution >= 0.6 is 11.8 Å². The molecule has 0 saturated carbocycles. The molecule has 1 aromatic rings. The molecule has 2 amide bonds. The van der Waals surface area contributed by atoms with E-state index >= 15 is 0 Å².